The molecule has 2 aromatic rings. The van der Waals surface area contributed by atoms with Crippen molar-refractivity contribution in [1.29, 1.82) is 0 Å². The SMILES string of the molecule is COc1ccccc1-c1noc(CCCN)n1. The van der Waals surface area contributed by atoms with Crippen LogP contribution in [0.2, 0.25) is 0 Å². The van der Waals surface area contributed by atoms with Crippen molar-refractivity contribution in [2.45, 2.75) is 12.8 Å². The van der Waals surface area contributed by atoms with Gasteiger partial charge in [0.25, 0.3) is 0 Å². The first-order valence-electron chi connectivity index (χ1n) is 5.51. The molecule has 5 nitrogen and oxygen atoms in total. The van der Waals surface area contributed by atoms with Crippen LogP contribution in [0.15, 0.2) is 28.8 Å². The number of aromatic nitrogens is 2. The molecule has 2 N–H and O–H groups in total. The fourth-order valence-corrected chi connectivity index (χ4v) is 1.55. The maximum atomic E-state index is 5.43. The Hall–Kier alpha value is -1.88. The van der Waals surface area contributed by atoms with E-state index in [0.717, 1.165) is 17.7 Å². The molecule has 1 aromatic heterocycles. The van der Waals surface area contributed by atoms with Gasteiger partial charge in [-0.05, 0) is 25.1 Å². The second-order valence-corrected chi connectivity index (χ2v) is 3.60. The number of aryl methyl sites for hydroxylation is 1. The Morgan fingerprint density at radius 1 is 1.35 bits per heavy atom. The summed E-state index contributed by atoms with van der Waals surface area (Å²) in [6.07, 6.45) is 1.55. The predicted molar refractivity (Wildman–Crippen MR) is 63.7 cm³/mol. The quantitative estimate of drug-likeness (QED) is 0.849. The van der Waals surface area contributed by atoms with Crippen molar-refractivity contribution in [3.63, 3.8) is 0 Å². The third-order valence-electron chi connectivity index (χ3n) is 2.41. The molecule has 0 saturated heterocycles. The van der Waals surface area contributed by atoms with E-state index in [0.29, 0.717) is 24.7 Å². The highest BCUT2D eigenvalue weighted by Crippen LogP contribution is 2.27. The van der Waals surface area contributed by atoms with E-state index in [2.05, 4.69) is 10.1 Å². The van der Waals surface area contributed by atoms with Crippen LogP contribution in [0.3, 0.4) is 0 Å². The van der Waals surface area contributed by atoms with E-state index < -0.39 is 0 Å². The summed E-state index contributed by atoms with van der Waals surface area (Å²) in [5.74, 6) is 1.89. The van der Waals surface area contributed by atoms with Gasteiger partial charge in [0, 0.05) is 6.42 Å². The van der Waals surface area contributed by atoms with E-state index in [1.54, 1.807) is 7.11 Å². The van der Waals surface area contributed by atoms with Gasteiger partial charge >= 0.3 is 0 Å². The Balaban J connectivity index is 2.24. The van der Waals surface area contributed by atoms with Crippen LogP contribution in [-0.2, 0) is 6.42 Å². The number of nitrogens with zero attached hydrogens (tertiary/aromatic N) is 2. The zero-order valence-corrected chi connectivity index (χ0v) is 9.72. The minimum Gasteiger partial charge on any atom is -0.496 e. The van der Waals surface area contributed by atoms with Crippen LogP contribution in [0.25, 0.3) is 11.4 Å². The highest BCUT2D eigenvalue weighted by molar-refractivity contribution is 5.63. The van der Waals surface area contributed by atoms with Crippen molar-refractivity contribution in [3.05, 3.63) is 30.2 Å². The minimum absolute atomic E-state index is 0.550. The van der Waals surface area contributed by atoms with Gasteiger partial charge < -0.3 is 15.0 Å². The molecule has 0 unspecified atom stereocenters. The first kappa shape index (κ1) is 11.6. The summed E-state index contributed by atoms with van der Waals surface area (Å²) < 4.78 is 10.4. The molecule has 0 aliphatic rings. The molecule has 0 bridgehead atoms. The summed E-state index contributed by atoms with van der Waals surface area (Å²) in [6.45, 7) is 0.617. The second kappa shape index (κ2) is 5.45. The molecular weight excluding hydrogens is 218 g/mol. The highest BCUT2D eigenvalue weighted by atomic mass is 16.5. The highest BCUT2D eigenvalue weighted by Gasteiger charge is 2.12. The monoisotopic (exact) mass is 233 g/mol. The fourth-order valence-electron chi connectivity index (χ4n) is 1.55. The van der Waals surface area contributed by atoms with E-state index in [4.69, 9.17) is 15.0 Å². The molecule has 1 heterocycles. The van der Waals surface area contributed by atoms with Crippen molar-refractivity contribution >= 4 is 0 Å². The smallest absolute Gasteiger partial charge is 0.227 e. The van der Waals surface area contributed by atoms with Crippen molar-refractivity contribution < 1.29 is 9.26 Å². The number of nitrogens with two attached hydrogens (primary N) is 1. The average Bonchev–Trinajstić information content (AvgIpc) is 2.85. The van der Waals surface area contributed by atoms with E-state index in [9.17, 15) is 0 Å². The lowest BCUT2D eigenvalue weighted by molar-refractivity contribution is 0.376. The molecule has 17 heavy (non-hydrogen) atoms. The maximum absolute atomic E-state index is 5.43. The Kier molecular flexibility index (Phi) is 3.72. The van der Waals surface area contributed by atoms with Crippen LogP contribution >= 0.6 is 0 Å². The van der Waals surface area contributed by atoms with Gasteiger partial charge in [0.1, 0.15) is 5.75 Å². The van der Waals surface area contributed by atoms with Crippen LogP contribution in [0, 0.1) is 0 Å². The lowest BCUT2D eigenvalue weighted by atomic mass is 10.2. The van der Waals surface area contributed by atoms with Crippen molar-refractivity contribution in [3.8, 4) is 17.1 Å². The van der Waals surface area contributed by atoms with Crippen LogP contribution in [0.1, 0.15) is 12.3 Å². The van der Waals surface area contributed by atoms with Gasteiger partial charge in [-0.1, -0.05) is 17.3 Å². The van der Waals surface area contributed by atoms with Gasteiger partial charge in [0.05, 0.1) is 12.7 Å². The topological polar surface area (TPSA) is 74.2 Å². The number of benzene rings is 1. The first-order valence-corrected chi connectivity index (χ1v) is 5.51. The normalized spacial score (nSPS) is 10.5. The van der Waals surface area contributed by atoms with Crippen molar-refractivity contribution in [2.24, 2.45) is 5.73 Å². The molecule has 5 heteroatoms. The molecule has 0 aliphatic heterocycles. The molecule has 0 amide bonds. The Labute approximate surface area is 99.6 Å². The number of para-hydroxylation sites is 1. The van der Waals surface area contributed by atoms with E-state index in [1.165, 1.54) is 0 Å². The van der Waals surface area contributed by atoms with Crippen molar-refractivity contribution in [1.82, 2.24) is 10.1 Å². The standard InChI is InChI=1S/C12H15N3O2/c1-16-10-6-3-2-5-9(10)12-14-11(17-15-12)7-4-8-13/h2-3,5-6H,4,7-8,13H2,1H3. The summed E-state index contributed by atoms with van der Waals surface area (Å²) in [6, 6.07) is 7.58. The zero-order chi connectivity index (χ0) is 12.1. The summed E-state index contributed by atoms with van der Waals surface area (Å²) in [4.78, 5) is 4.31. The molecule has 1 aromatic carbocycles. The van der Waals surface area contributed by atoms with E-state index in [-0.39, 0.29) is 0 Å². The van der Waals surface area contributed by atoms with E-state index in [1.807, 2.05) is 24.3 Å². The van der Waals surface area contributed by atoms with Gasteiger partial charge in [-0.2, -0.15) is 4.98 Å². The maximum Gasteiger partial charge on any atom is 0.227 e. The third kappa shape index (κ3) is 2.62. The summed E-state index contributed by atoms with van der Waals surface area (Å²) in [7, 11) is 1.62. The molecule has 0 aliphatic carbocycles. The fraction of sp³-hybridized carbons (Fsp3) is 0.333. The van der Waals surface area contributed by atoms with Crippen LogP contribution in [-0.4, -0.2) is 23.8 Å². The lowest BCUT2D eigenvalue weighted by Gasteiger charge is -2.02. The molecule has 0 atom stereocenters. The summed E-state index contributed by atoms with van der Waals surface area (Å²) in [5, 5.41) is 3.94. The van der Waals surface area contributed by atoms with E-state index >= 15 is 0 Å². The molecular formula is C12H15N3O2. The van der Waals surface area contributed by atoms with Crippen molar-refractivity contribution in [2.75, 3.05) is 13.7 Å². The molecule has 90 valence electrons. The molecule has 0 fully saturated rings. The van der Waals surface area contributed by atoms with Crippen LogP contribution < -0.4 is 10.5 Å². The van der Waals surface area contributed by atoms with Gasteiger partial charge in [-0.3, -0.25) is 0 Å². The number of hydrogen-bond donors (Lipinski definition) is 1. The molecule has 0 radical (unpaired) electrons. The van der Waals surface area contributed by atoms with Gasteiger partial charge in [0.2, 0.25) is 11.7 Å². The average molecular weight is 233 g/mol. The van der Waals surface area contributed by atoms with Gasteiger partial charge in [-0.15, -0.1) is 0 Å². The minimum atomic E-state index is 0.550. The summed E-state index contributed by atoms with van der Waals surface area (Å²) >= 11 is 0. The lowest BCUT2D eigenvalue weighted by Crippen LogP contribution is -2.00. The largest absolute Gasteiger partial charge is 0.496 e. The Bertz CT molecular complexity index is 482. The summed E-state index contributed by atoms with van der Waals surface area (Å²) in [5.41, 5.74) is 6.26. The third-order valence-corrected chi connectivity index (χ3v) is 2.41. The van der Waals surface area contributed by atoms with Gasteiger partial charge in [-0.25, -0.2) is 0 Å². The predicted octanol–water partition coefficient (Wildman–Crippen LogP) is 1.64. The molecule has 2 rings (SSSR count). The number of methoxy groups -OCH3 is 1. The molecule has 0 saturated carbocycles. The second-order valence-electron chi connectivity index (χ2n) is 3.60. The molecule has 0 spiro atoms. The number of hydrogen-bond acceptors (Lipinski definition) is 5. The Morgan fingerprint density at radius 2 is 2.18 bits per heavy atom. The number of rotatable bonds is 5. The first-order chi connectivity index (χ1) is 8.35. The number of ether oxygens (including phenoxy) is 1. The zero-order valence-electron chi connectivity index (χ0n) is 9.72. The Morgan fingerprint density at radius 3 is 2.94 bits per heavy atom. The van der Waals surface area contributed by atoms with Crippen LogP contribution in [0.5, 0.6) is 5.75 Å². The van der Waals surface area contributed by atoms with Crippen LogP contribution in [0.4, 0.5) is 0 Å². The van der Waals surface area contributed by atoms with Gasteiger partial charge in [0.15, 0.2) is 0 Å².